The van der Waals surface area contributed by atoms with Crippen LogP contribution < -0.4 is 15.4 Å². The Balaban J connectivity index is 1.17. The smallest absolute Gasteiger partial charge is 0.326 e. The number of carboxylic acid groups (broad SMARTS) is 1. The summed E-state index contributed by atoms with van der Waals surface area (Å²) in [6.45, 7) is 5.46. The number of hydrogen-bond donors (Lipinski definition) is 4. The Labute approximate surface area is 239 Å². The zero-order valence-electron chi connectivity index (χ0n) is 23.3. The molecule has 5 heterocycles. The van der Waals surface area contributed by atoms with E-state index in [0.717, 1.165) is 68.1 Å². The first-order valence-electron chi connectivity index (χ1n) is 14.2. The Morgan fingerprint density at radius 1 is 1.17 bits per heavy atom. The molecule has 0 bridgehead atoms. The van der Waals surface area contributed by atoms with Crippen molar-refractivity contribution in [3.8, 4) is 5.75 Å². The fourth-order valence-corrected chi connectivity index (χ4v) is 5.01. The van der Waals surface area contributed by atoms with Crippen LogP contribution in [0.2, 0.25) is 0 Å². The summed E-state index contributed by atoms with van der Waals surface area (Å²) in [5.74, 6) is 1.30. The molecular formula is C29H37N9O3. The summed E-state index contributed by atoms with van der Waals surface area (Å²) in [5.41, 5.74) is 3.80. The molecule has 0 saturated carbocycles. The average Bonchev–Trinajstić information content (AvgIpc) is 3.47. The highest BCUT2D eigenvalue weighted by Gasteiger charge is 2.21. The number of anilines is 2. The minimum absolute atomic E-state index is 0.392. The molecule has 0 aromatic carbocycles. The van der Waals surface area contributed by atoms with Gasteiger partial charge in [0.15, 0.2) is 5.65 Å². The molecule has 12 nitrogen and oxygen atoms in total. The van der Waals surface area contributed by atoms with Gasteiger partial charge in [-0.1, -0.05) is 6.07 Å². The summed E-state index contributed by atoms with van der Waals surface area (Å²) < 4.78 is 6.00. The summed E-state index contributed by atoms with van der Waals surface area (Å²) in [7, 11) is 0. The van der Waals surface area contributed by atoms with E-state index in [-0.39, 0.29) is 0 Å². The number of aromatic nitrogens is 6. The van der Waals surface area contributed by atoms with Crippen molar-refractivity contribution in [3.63, 3.8) is 0 Å². The number of nitrogens with zero attached hydrogens (tertiary/aromatic N) is 6. The second kappa shape index (κ2) is 13.8. The van der Waals surface area contributed by atoms with Crippen molar-refractivity contribution in [3.05, 3.63) is 59.9 Å². The van der Waals surface area contributed by atoms with Crippen LogP contribution in [0.3, 0.4) is 0 Å². The number of ether oxygens (including phenoxy) is 1. The number of aryl methyl sites for hydroxylation is 3. The second-order valence-corrected chi connectivity index (χ2v) is 10.3. The van der Waals surface area contributed by atoms with Gasteiger partial charge in [0.2, 0.25) is 0 Å². The molecule has 4 N–H and O–H groups in total. The fourth-order valence-electron chi connectivity index (χ4n) is 5.01. The van der Waals surface area contributed by atoms with E-state index in [1.165, 1.54) is 11.9 Å². The number of fused-ring (bicyclic) bond motifs is 2. The highest BCUT2D eigenvalue weighted by molar-refractivity contribution is 5.88. The quantitative estimate of drug-likeness (QED) is 0.158. The number of pyridine rings is 2. The van der Waals surface area contributed by atoms with Gasteiger partial charge in [-0.3, -0.25) is 15.0 Å². The van der Waals surface area contributed by atoms with E-state index in [1.54, 1.807) is 12.4 Å². The van der Waals surface area contributed by atoms with Crippen molar-refractivity contribution in [2.45, 2.75) is 51.5 Å². The molecule has 0 spiro atoms. The van der Waals surface area contributed by atoms with E-state index in [4.69, 9.17) is 9.72 Å². The van der Waals surface area contributed by atoms with Crippen LogP contribution in [0.15, 0.2) is 43.0 Å². The third-order valence-electron chi connectivity index (χ3n) is 7.32. The summed E-state index contributed by atoms with van der Waals surface area (Å²) in [5, 5.41) is 23.9. The zero-order chi connectivity index (χ0) is 28.4. The number of rotatable bonds is 15. The first-order valence-corrected chi connectivity index (χ1v) is 14.2. The van der Waals surface area contributed by atoms with E-state index >= 15 is 0 Å². The number of aliphatic carboxylic acids is 1. The molecule has 0 aliphatic carbocycles. The van der Waals surface area contributed by atoms with E-state index in [0.29, 0.717) is 43.0 Å². The molecule has 1 atom stereocenters. The molecule has 0 amide bonds. The molecule has 0 fully saturated rings. The first kappa shape index (κ1) is 28.2. The van der Waals surface area contributed by atoms with Gasteiger partial charge in [-0.25, -0.2) is 19.7 Å². The molecule has 4 aromatic heterocycles. The Morgan fingerprint density at radius 3 is 2.98 bits per heavy atom. The van der Waals surface area contributed by atoms with Gasteiger partial charge in [0.05, 0.1) is 17.3 Å². The predicted octanol–water partition coefficient (Wildman–Crippen LogP) is 3.47. The predicted molar refractivity (Wildman–Crippen MR) is 156 cm³/mol. The van der Waals surface area contributed by atoms with Gasteiger partial charge in [-0.15, -0.1) is 0 Å². The Morgan fingerprint density at radius 2 is 2.10 bits per heavy atom. The molecule has 0 saturated heterocycles. The van der Waals surface area contributed by atoms with Crippen LogP contribution in [0.5, 0.6) is 5.75 Å². The summed E-state index contributed by atoms with van der Waals surface area (Å²) in [4.78, 5) is 31.9. The standard InChI is InChI=1S/C29H37N9O3/c1-20-25(8-5-12-30-20)41-17-16-38(14-3-2-7-22-10-9-21-6-4-13-31-26(21)35-22)15-11-24(29(39)40)36-27-23-18-34-37-28(23)33-19-32-27/h5,8-10,12,18-19,24H,2-4,6-7,11,13-17H2,1H3,(H,31,35)(H,39,40)(H2,32,33,34,36,37)/t24-/m0/s1. The zero-order valence-corrected chi connectivity index (χ0v) is 23.3. The van der Waals surface area contributed by atoms with Crippen molar-refractivity contribution in [1.29, 1.82) is 0 Å². The molecular weight excluding hydrogens is 522 g/mol. The van der Waals surface area contributed by atoms with Crippen molar-refractivity contribution < 1.29 is 14.6 Å². The van der Waals surface area contributed by atoms with Crippen molar-refractivity contribution in [2.75, 3.05) is 43.4 Å². The van der Waals surface area contributed by atoms with Gasteiger partial charge >= 0.3 is 5.97 Å². The van der Waals surface area contributed by atoms with Crippen LogP contribution in [-0.4, -0.2) is 84.9 Å². The van der Waals surface area contributed by atoms with Crippen molar-refractivity contribution >= 4 is 28.6 Å². The van der Waals surface area contributed by atoms with Crippen LogP contribution in [0.4, 0.5) is 11.6 Å². The van der Waals surface area contributed by atoms with E-state index < -0.39 is 12.0 Å². The summed E-state index contributed by atoms with van der Waals surface area (Å²) >= 11 is 0. The third kappa shape index (κ3) is 7.66. The second-order valence-electron chi connectivity index (χ2n) is 10.3. The Bertz CT molecular complexity index is 1440. The highest BCUT2D eigenvalue weighted by Crippen LogP contribution is 2.21. The van der Waals surface area contributed by atoms with Crippen molar-refractivity contribution in [2.24, 2.45) is 0 Å². The van der Waals surface area contributed by atoms with Crippen molar-refractivity contribution in [1.82, 2.24) is 35.0 Å². The van der Waals surface area contributed by atoms with Gasteiger partial charge in [0.25, 0.3) is 0 Å². The van der Waals surface area contributed by atoms with Gasteiger partial charge < -0.3 is 20.5 Å². The Hall–Kier alpha value is -4.32. The summed E-state index contributed by atoms with van der Waals surface area (Å²) in [6.07, 6.45) is 10.2. The van der Waals surface area contributed by atoms with E-state index in [9.17, 15) is 9.90 Å². The molecule has 41 heavy (non-hydrogen) atoms. The number of nitrogens with one attached hydrogen (secondary N) is 3. The van der Waals surface area contributed by atoms with Crippen LogP contribution in [0, 0.1) is 6.92 Å². The van der Waals surface area contributed by atoms with Gasteiger partial charge in [-0.2, -0.15) is 5.10 Å². The Kier molecular flexibility index (Phi) is 9.53. The monoisotopic (exact) mass is 559 g/mol. The minimum Gasteiger partial charge on any atom is -0.490 e. The first-order chi connectivity index (χ1) is 20.1. The van der Waals surface area contributed by atoms with Gasteiger partial charge in [0.1, 0.15) is 36.4 Å². The number of hydrogen-bond acceptors (Lipinski definition) is 10. The number of carboxylic acids is 1. The molecule has 1 aliphatic rings. The molecule has 4 aromatic rings. The maximum absolute atomic E-state index is 12.2. The highest BCUT2D eigenvalue weighted by atomic mass is 16.5. The van der Waals surface area contributed by atoms with Crippen LogP contribution in [0.25, 0.3) is 11.0 Å². The lowest BCUT2D eigenvalue weighted by Crippen LogP contribution is -2.37. The summed E-state index contributed by atoms with van der Waals surface area (Å²) in [6, 6.07) is 7.29. The van der Waals surface area contributed by atoms with Crippen LogP contribution >= 0.6 is 0 Å². The third-order valence-corrected chi connectivity index (χ3v) is 7.32. The lowest BCUT2D eigenvalue weighted by Gasteiger charge is -2.25. The minimum atomic E-state index is -0.936. The van der Waals surface area contributed by atoms with Crippen LogP contribution in [-0.2, 0) is 17.6 Å². The fraction of sp³-hybridized carbons (Fsp3) is 0.448. The molecule has 0 radical (unpaired) electrons. The lowest BCUT2D eigenvalue weighted by atomic mass is 10.1. The molecule has 1 aliphatic heterocycles. The van der Waals surface area contributed by atoms with Crippen LogP contribution in [0.1, 0.15) is 42.6 Å². The van der Waals surface area contributed by atoms with E-state index in [2.05, 4.69) is 52.8 Å². The number of carbonyl (C=O) groups is 1. The normalized spacial score (nSPS) is 13.5. The lowest BCUT2D eigenvalue weighted by molar-refractivity contribution is -0.138. The maximum atomic E-state index is 12.2. The number of H-pyrrole nitrogens is 1. The SMILES string of the molecule is Cc1ncccc1OCCN(CCCCc1ccc2c(n1)NCCC2)CC[C@H](Nc1ncnc2[nH]ncc12)C(=O)O. The molecule has 12 heteroatoms. The molecule has 5 rings (SSSR count). The molecule has 0 unspecified atom stereocenters. The maximum Gasteiger partial charge on any atom is 0.326 e. The average molecular weight is 560 g/mol. The van der Waals surface area contributed by atoms with E-state index in [1.807, 2.05) is 19.1 Å². The number of aromatic amines is 1. The molecule has 216 valence electrons. The van der Waals surface area contributed by atoms with Gasteiger partial charge in [0, 0.05) is 31.5 Å². The largest absolute Gasteiger partial charge is 0.490 e. The van der Waals surface area contributed by atoms with Gasteiger partial charge in [-0.05, 0) is 75.8 Å². The topological polar surface area (TPSA) is 154 Å². The number of unbranched alkanes of at least 4 members (excludes halogenated alkanes) is 1.